The SMILES string of the molecule is Cn1cc(S(=O)(=O)Cl)cc1C(=O)NCCOCC(F)F. The Morgan fingerprint density at radius 1 is 1.55 bits per heavy atom. The monoisotopic (exact) mass is 330 g/mol. The minimum atomic E-state index is -3.91. The molecule has 114 valence electrons. The average molecular weight is 331 g/mol. The first kappa shape index (κ1) is 16.9. The fourth-order valence-electron chi connectivity index (χ4n) is 1.39. The van der Waals surface area contributed by atoms with Gasteiger partial charge in [-0.15, -0.1) is 0 Å². The quantitative estimate of drug-likeness (QED) is 0.597. The molecule has 1 rings (SSSR count). The molecule has 20 heavy (non-hydrogen) atoms. The molecule has 0 saturated carbocycles. The maximum Gasteiger partial charge on any atom is 0.268 e. The van der Waals surface area contributed by atoms with Crippen LogP contribution < -0.4 is 5.32 Å². The van der Waals surface area contributed by atoms with Gasteiger partial charge in [0.15, 0.2) is 0 Å². The van der Waals surface area contributed by atoms with Crippen LogP contribution in [0.3, 0.4) is 0 Å². The highest BCUT2D eigenvalue weighted by Gasteiger charge is 2.18. The summed E-state index contributed by atoms with van der Waals surface area (Å²) in [5.74, 6) is -0.556. The smallest absolute Gasteiger partial charge is 0.268 e. The highest BCUT2D eigenvalue weighted by molar-refractivity contribution is 8.13. The van der Waals surface area contributed by atoms with Gasteiger partial charge in [-0.3, -0.25) is 4.79 Å². The van der Waals surface area contributed by atoms with Crippen LogP contribution in [0.2, 0.25) is 0 Å². The Labute approximate surface area is 119 Å². The number of hydrogen-bond donors (Lipinski definition) is 1. The molecule has 1 amide bonds. The first-order valence-electron chi connectivity index (χ1n) is 5.47. The highest BCUT2D eigenvalue weighted by Crippen LogP contribution is 2.17. The molecule has 10 heteroatoms. The Morgan fingerprint density at radius 3 is 2.70 bits per heavy atom. The van der Waals surface area contributed by atoms with Gasteiger partial charge in [-0.25, -0.2) is 17.2 Å². The maximum atomic E-state index is 11.8. The van der Waals surface area contributed by atoms with Gasteiger partial charge in [-0.2, -0.15) is 0 Å². The number of ether oxygens (including phenoxy) is 1. The zero-order chi connectivity index (χ0) is 15.3. The summed E-state index contributed by atoms with van der Waals surface area (Å²) in [5, 5.41) is 2.41. The lowest BCUT2D eigenvalue weighted by molar-refractivity contribution is 0.0188. The van der Waals surface area contributed by atoms with E-state index in [-0.39, 0.29) is 23.7 Å². The van der Waals surface area contributed by atoms with Gasteiger partial charge in [-0.05, 0) is 6.07 Å². The topological polar surface area (TPSA) is 77.4 Å². The summed E-state index contributed by atoms with van der Waals surface area (Å²) in [7, 11) is 2.73. The van der Waals surface area contributed by atoms with Crippen LogP contribution in [-0.4, -0.2) is 45.1 Å². The van der Waals surface area contributed by atoms with E-state index >= 15 is 0 Å². The summed E-state index contributed by atoms with van der Waals surface area (Å²) in [6, 6.07) is 1.12. The number of amides is 1. The van der Waals surface area contributed by atoms with Gasteiger partial charge in [0, 0.05) is 30.5 Å². The molecule has 1 aromatic heterocycles. The van der Waals surface area contributed by atoms with Gasteiger partial charge in [-0.1, -0.05) is 0 Å². The summed E-state index contributed by atoms with van der Waals surface area (Å²) in [4.78, 5) is 11.5. The summed E-state index contributed by atoms with van der Waals surface area (Å²) in [5.41, 5.74) is 0.0816. The van der Waals surface area contributed by atoms with Crippen LogP contribution in [0.15, 0.2) is 17.2 Å². The van der Waals surface area contributed by atoms with Crippen LogP contribution in [0.25, 0.3) is 0 Å². The standard InChI is InChI=1S/C10H13ClF2N2O4S/c1-15-5-7(20(11,17)18)4-8(15)10(16)14-2-3-19-6-9(12)13/h4-5,9H,2-3,6H2,1H3,(H,14,16). The Bertz CT molecular complexity index is 574. The lowest BCUT2D eigenvalue weighted by Crippen LogP contribution is -2.29. The number of rotatable bonds is 7. The predicted octanol–water partition coefficient (Wildman–Crippen LogP) is 0.964. The Kier molecular flexibility index (Phi) is 5.90. The number of carbonyl (C=O) groups is 1. The van der Waals surface area contributed by atoms with Gasteiger partial charge in [0.1, 0.15) is 17.2 Å². The summed E-state index contributed by atoms with van der Waals surface area (Å²) >= 11 is 0. The van der Waals surface area contributed by atoms with Crippen molar-refractivity contribution in [3.63, 3.8) is 0 Å². The van der Waals surface area contributed by atoms with E-state index < -0.39 is 28.0 Å². The molecule has 0 radical (unpaired) electrons. The van der Waals surface area contributed by atoms with Crippen molar-refractivity contribution in [2.45, 2.75) is 11.3 Å². The van der Waals surface area contributed by atoms with E-state index in [4.69, 9.17) is 10.7 Å². The molecule has 6 nitrogen and oxygen atoms in total. The normalized spacial score (nSPS) is 11.8. The minimum absolute atomic E-state index is 0.0275. The summed E-state index contributed by atoms with van der Waals surface area (Å²) in [6.07, 6.45) is -1.36. The summed E-state index contributed by atoms with van der Waals surface area (Å²) < 4.78 is 51.6. The molecule has 0 unspecified atom stereocenters. The molecular weight excluding hydrogens is 318 g/mol. The van der Waals surface area contributed by atoms with Crippen LogP contribution in [-0.2, 0) is 20.8 Å². The van der Waals surface area contributed by atoms with Gasteiger partial charge in [0.2, 0.25) is 0 Å². The van der Waals surface area contributed by atoms with Crippen molar-refractivity contribution in [3.05, 3.63) is 18.0 Å². The van der Waals surface area contributed by atoms with Crippen LogP contribution in [0.5, 0.6) is 0 Å². The Balaban J connectivity index is 2.54. The third kappa shape index (κ3) is 5.06. The van der Waals surface area contributed by atoms with Crippen molar-refractivity contribution in [2.24, 2.45) is 7.05 Å². The molecule has 0 aromatic carbocycles. The van der Waals surface area contributed by atoms with Crippen LogP contribution in [0.1, 0.15) is 10.5 Å². The lowest BCUT2D eigenvalue weighted by Gasteiger charge is -2.06. The van der Waals surface area contributed by atoms with E-state index in [1.807, 2.05) is 0 Å². The molecular formula is C10H13ClF2N2O4S. The molecule has 0 atom stereocenters. The molecule has 0 aliphatic rings. The second kappa shape index (κ2) is 7.00. The average Bonchev–Trinajstić information content (AvgIpc) is 2.70. The predicted molar refractivity (Wildman–Crippen MR) is 67.6 cm³/mol. The molecule has 0 bridgehead atoms. The molecule has 0 fully saturated rings. The third-order valence-electron chi connectivity index (χ3n) is 2.27. The molecule has 1 N–H and O–H groups in total. The van der Waals surface area contributed by atoms with Crippen molar-refractivity contribution in [1.29, 1.82) is 0 Å². The Hall–Kier alpha value is -1.19. The van der Waals surface area contributed by atoms with Crippen molar-refractivity contribution < 1.29 is 26.7 Å². The number of nitrogens with one attached hydrogen (secondary N) is 1. The number of aromatic nitrogens is 1. The highest BCUT2D eigenvalue weighted by atomic mass is 35.7. The molecule has 0 aliphatic heterocycles. The van der Waals surface area contributed by atoms with E-state index in [0.29, 0.717) is 0 Å². The number of hydrogen-bond acceptors (Lipinski definition) is 4. The van der Waals surface area contributed by atoms with Gasteiger partial charge < -0.3 is 14.6 Å². The van der Waals surface area contributed by atoms with Gasteiger partial charge in [0.25, 0.3) is 21.4 Å². The lowest BCUT2D eigenvalue weighted by atomic mass is 10.4. The zero-order valence-electron chi connectivity index (χ0n) is 10.5. The first-order chi connectivity index (χ1) is 9.21. The number of nitrogens with zero attached hydrogens (tertiary/aromatic N) is 1. The Morgan fingerprint density at radius 2 is 2.20 bits per heavy atom. The molecule has 0 aliphatic carbocycles. The largest absolute Gasteiger partial charge is 0.374 e. The van der Waals surface area contributed by atoms with E-state index in [0.717, 1.165) is 6.07 Å². The number of aryl methyl sites for hydroxylation is 1. The molecule has 1 heterocycles. The van der Waals surface area contributed by atoms with Crippen LogP contribution >= 0.6 is 10.7 Å². The molecule has 0 saturated heterocycles. The fourth-order valence-corrected chi connectivity index (χ4v) is 2.18. The molecule has 0 spiro atoms. The zero-order valence-corrected chi connectivity index (χ0v) is 12.0. The van der Waals surface area contributed by atoms with E-state index in [1.54, 1.807) is 0 Å². The van der Waals surface area contributed by atoms with Crippen LogP contribution in [0.4, 0.5) is 8.78 Å². The first-order valence-corrected chi connectivity index (χ1v) is 7.78. The second-order valence-electron chi connectivity index (χ2n) is 3.83. The van der Waals surface area contributed by atoms with Crippen molar-refractivity contribution in [2.75, 3.05) is 19.8 Å². The van der Waals surface area contributed by atoms with Crippen molar-refractivity contribution in [1.82, 2.24) is 9.88 Å². The van der Waals surface area contributed by atoms with Gasteiger partial charge >= 0.3 is 0 Å². The number of alkyl halides is 2. The minimum Gasteiger partial charge on any atom is -0.374 e. The maximum absolute atomic E-state index is 11.8. The summed E-state index contributed by atoms with van der Waals surface area (Å²) in [6.45, 7) is -0.741. The van der Waals surface area contributed by atoms with E-state index in [1.165, 1.54) is 17.8 Å². The fraction of sp³-hybridized carbons (Fsp3) is 0.500. The van der Waals surface area contributed by atoms with Crippen LogP contribution in [0, 0.1) is 0 Å². The molecule has 1 aromatic rings. The number of halogens is 3. The number of carbonyl (C=O) groups excluding carboxylic acids is 1. The second-order valence-corrected chi connectivity index (χ2v) is 6.40. The van der Waals surface area contributed by atoms with Crippen molar-refractivity contribution >= 4 is 25.6 Å². The van der Waals surface area contributed by atoms with Gasteiger partial charge in [0.05, 0.1) is 6.61 Å². The third-order valence-corrected chi connectivity index (χ3v) is 3.59. The van der Waals surface area contributed by atoms with E-state index in [9.17, 15) is 22.0 Å². The van der Waals surface area contributed by atoms with Crippen molar-refractivity contribution in [3.8, 4) is 0 Å². The van der Waals surface area contributed by atoms with E-state index in [2.05, 4.69) is 10.1 Å².